The highest BCUT2D eigenvalue weighted by Crippen LogP contribution is 2.45. The molecule has 5 nitrogen and oxygen atoms in total. The van der Waals surface area contributed by atoms with Crippen molar-refractivity contribution >= 4 is 11.9 Å². The third-order valence-corrected chi connectivity index (χ3v) is 6.94. The van der Waals surface area contributed by atoms with Crippen molar-refractivity contribution in [1.82, 2.24) is 0 Å². The van der Waals surface area contributed by atoms with Gasteiger partial charge in [0, 0.05) is 0 Å². The first-order valence-corrected chi connectivity index (χ1v) is 12.1. The fourth-order valence-electron chi connectivity index (χ4n) is 5.10. The van der Waals surface area contributed by atoms with E-state index < -0.39 is 24.0 Å². The zero-order valence-corrected chi connectivity index (χ0v) is 19.7. The fourth-order valence-corrected chi connectivity index (χ4v) is 5.10. The molecule has 5 heteroatoms. The molecule has 33 heavy (non-hydrogen) atoms. The van der Waals surface area contributed by atoms with E-state index in [0.29, 0.717) is 5.92 Å². The lowest BCUT2D eigenvalue weighted by Gasteiger charge is -2.30. The number of hydrogen-bond donors (Lipinski definition) is 1. The molecule has 178 valence electrons. The van der Waals surface area contributed by atoms with Gasteiger partial charge in [0.05, 0.1) is 18.4 Å². The molecule has 4 unspecified atom stereocenters. The van der Waals surface area contributed by atoms with Crippen LogP contribution in [0.25, 0.3) is 0 Å². The van der Waals surface area contributed by atoms with Gasteiger partial charge in [0.15, 0.2) is 0 Å². The molecular weight excluding hydrogens is 416 g/mol. The second kappa shape index (κ2) is 12.5. The van der Waals surface area contributed by atoms with Crippen LogP contribution in [0.3, 0.4) is 0 Å². The zero-order valence-electron chi connectivity index (χ0n) is 19.7. The summed E-state index contributed by atoms with van der Waals surface area (Å²) >= 11 is 0. The van der Waals surface area contributed by atoms with Crippen LogP contribution in [0.2, 0.25) is 0 Å². The second-order valence-electron chi connectivity index (χ2n) is 9.19. The predicted molar refractivity (Wildman–Crippen MR) is 127 cm³/mol. The molecule has 0 heterocycles. The molecule has 0 bridgehead atoms. The topological polar surface area (TPSA) is 72.8 Å². The van der Waals surface area contributed by atoms with Gasteiger partial charge in [-0.2, -0.15) is 0 Å². The molecule has 0 spiro atoms. The summed E-state index contributed by atoms with van der Waals surface area (Å²) in [7, 11) is 0. The number of ether oxygens (including phenoxy) is 2. The summed E-state index contributed by atoms with van der Waals surface area (Å²) in [6, 6.07) is 18.9. The molecule has 1 fully saturated rings. The average Bonchev–Trinajstić information content (AvgIpc) is 3.18. The largest absolute Gasteiger partial charge is 0.461 e. The van der Waals surface area contributed by atoms with Crippen LogP contribution in [0.15, 0.2) is 60.7 Å². The zero-order chi connectivity index (χ0) is 23.6. The van der Waals surface area contributed by atoms with E-state index in [2.05, 4.69) is 13.8 Å². The van der Waals surface area contributed by atoms with Gasteiger partial charge >= 0.3 is 11.9 Å². The lowest BCUT2D eigenvalue weighted by atomic mass is 9.77. The molecule has 1 aliphatic rings. The summed E-state index contributed by atoms with van der Waals surface area (Å²) in [5.74, 6) is -0.883. The molecule has 1 aliphatic carbocycles. The summed E-state index contributed by atoms with van der Waals surface area (Å²) in [5, 5.41) is 11.0. The standard InChI is InChI=1S/C28H36O5/c1-3-10-23-15-16-24(20(23)2)27(28(31)33-19-22-13-8-5-9-14-22)25(29)17-26(30)32-18-21-11-6-4-7-12-21/h4-9,11-14,20,23-25,27,29H,3,10,15-19H2,1-2H3/t20-,23?,24?,25?,27?/m1/s1. The van der Waals surface area contributed by atoms with Crippen molar-refractivity contribution in [2.45, 2.75) is 65.3 Å². The van der Waals surface area contributed by atoms with Gasteiger partial charge in [0.2, 0.25) is 0 Å². The molecule has 3 rings (SSSR count). The SMILES string of the molecule is CCCC1CCC(C(C(=O)OCc2ccccc2)C(O)CC(=O)OCc2ccccc2)[C@@H]1C. The van der Waals surface area contributed by atoms with E-state index in [0.717, 1.165) is 36.8 Å². The average molecular weight is 453 g/mol. The number of rotatable bonds is 11. The minimum absolute atomic E-state index is 0.0123. The number of carbonyl (C=O) groups is 2. The van der Waals surface area contributed by atoms with E-state index in [4.69, 9.17) is 9.47 Å². The van der Waals surface area contributed by atoms with Crippen LogP contribution in [0.1, 0.15) is 57.1 Å². The molecule has 0 radical (unpaired) electrons. The van der Waals surface area contributed by atoms with E-state index in [1.165, 1.54) is 0 Å². The van der Waals surface area contributed by atoms with Gasteiger partial charge in [-0.05, 0) is 41.7 Å². The van der Waals surface area contributed by atoms with Crippen molar-refractivity contribution < 1.29 is 24.2 Å². The lowest BCUT2D eigenvalue weighted by molar-refractivity contribution is -0.160. The molecule has 0 aliphatic heterocycles. The minimum Gasteiger partial charge on any atom is -0.461 e. The highest BCUT2D eigenvalue weighted by Gasteiger charge is 2.44. The maximum Gasteiger partial charge on any atom is 0.312 e. The van der Waals surface area contributed by atoms with E-state index in [1.807, 2.05) is 60.7 Å². The molecular formula is C28H36O5. The van der Waals surface area contributed by atoms with Crippen LogP contribution in [0.4, 0.5) is 0 Å². The first-order valence-electron chi connectivity index (χ1n) is 12.1. The van der Waals surface area contributed by atoms with Gasteiger partial charge < -0.3 is 14.6 Å². The third-order valence-electron chi connectivity index (χ3n) is 6.94. The van der Waals surface area contributed by atoms with Crippen molar-refractivity contribution in [2.75, 3.05) is 0 Å². The smallest absolute Gasteiger partial charge is 0.312 e. The van der Waals surface area contributed by atoms with E-state index >= 15 is 0 Å². The molecule has 1 saturated carbocycles. The number of aliphatic hydroxyl groups is 1. The summed E-state index contributed by atoms with van der Waals surface area (Å²) in [5.41, 5.74) is 1.77. The molecule has 2 aromatic carbocycles. The Morgan fingerprint density at radius 2 is 1.52 bits per heavy atom. The van der Waals surface area contributed by atoms with Crippen molar-refractivity contribution in [3.63, 3.8) is 0 Å². The van der Waals surface area contributed by atoms with Gasteiger partial charge in [-0.3, -0.25) is 9.59 Å². The van der Waals surface area contributed by atoms with Gasteiger partial charge in [0.25, 0.3) is 0 Å². The maximum atomic E-state index is 13.2. The van der Waals surface area contributed by atoms with Crippen LogP contribution in [-0.2, 0) is 32.3 Å². The Morgan fingerprint density at radius 1 is 0.939 bits per heavy atom. The normalized spacial score (nSPS) is 21.8. The predicted octanol–water partition coefficient (Wildman–Crippen LogP) is 5.30. The Labute approximate surface area is 197 Å². The summed E-state index contributed by atoms with van der Waals surface area (Å²) < 4.78 is 11.0. The molecule has 2 aromatic rings. The van der Waals surface area contributed by atoms with Crippen molar-refractivity contribution in [3.8, 4) is 0 Å². The van der Waals surface area contributed by atoms with Crippen molar-refractivity contribution in [2.24, 2.45) is 23.7 Å². The number of carbonyl (C=O) groups excluding carboxylic acids is 2. The third kappa shape index (κ3) is 7.16. The number of hydrogen-bond acceptors (Lipinski definition) is 5. The van der Waals surface area contributed by atoms with Gasteiger partial charge in [-0.25, -0.2) is 0 Å². The first kappa shape index (κ1) is 25.0. The van der Waals surface area contributed by atoms with Gasteiger partial charge in [-0.1, -0.05) is 87.4 Å². The molecule has 1 N–H and O–H groups in total. The number of esters is 2. The van der Waals surface area contributed by atoms with Crippen LogP contribution in [0.5, 0.6) is 0 Å². The van der Waals surface area contributed by atoms with Gasteiger partial charge in [-0.15, -0.1) is 0 Å². The summed E-state index contributed by atoms with van der Waals surface area (Å²) in [6.07, 6.45) is 2.74. The highest BCUT2D eigenvalue weighted by atomic mass is 16.5. The molecule has 5 atom stereocenters. The van der Waals surface area contributed by atoms with Crippen molar-refractivity contribution in [1.29, 1.82) is 0 Å². The second-order valence-corrected chi connectivity index (χ2v) is 9.19. The number of benzene rings is 2. The Balaban J connectivity index is 1.65. The lowest BCUT2D eigenvalue weighted by Crippen LogP contribution is -2.39. The van der Waals surface area contributed by atoms with Crippen LogP contribution >= 0.6 is 0 Å². The monoisotopic (exact) mass is 452 g/mol. The van der Waals surface area contributed by atoms with E-state index in [-0.39, 0.29) is 31.5 Å². The number of aliphatic hydroxyl groups excluding tert-OH is 1. The Kier molecular flexibility index (Phi) is 9.49. The first-order chi connectivity index (χ1) is 16.0. The maximum absolute atomic E-state index is 13.2. The van der Waals surface area contributed by atoms with Crippen molar-refractivity contribution in [3.05, 3.63) is 71.8 Å². The quantitative estimate of drug-likeness (QED) is 0.468. The van der Waals surface area contributed by atoms with Crippen LogP contribution < -0.4 is 0 Å². The Hall–Kier alpha value is -2.66. The van der Waals surface area contributed by atoms with E-state index in [9.17, 15) is 14.7 Å². The van der Waals surface area contributed by atoms with Crippen LogP contribution in [0, 0.1) is 23.7 Å². The van der Waals surface area contributed by atoms with E-state index in [1.54, 1.807) is 0 Å². The summed E-state index contributed by atoms with van der Waals surface area (Å²) in [4.78, 5) is 25.6. The molecule has 0 amide bonds. The molecule has 0 saturated heterocycles. The molecule has 0 aromatic heterocycles. The Morgan fingerprint density at radius 3 is 2.09 bits per heavy atom. The van der Waals surface area contributed by atoms with Gasteiger partial charge in [0.1, 0.15) is 13.2 Å². The minimum atomic E-state index is -1.13. The van der Waals surface area contributed by atoms with Crippen LogP contribution in [-0.4, -0.2) is 23.1 Å². The Bertz CT molecular complexity index is 866. The summed E-state index contributed by atoms with van der Waals surface area (Å²) in [6.45, 7) is 4.63. The highest BCUT2D eigenvalue weighted by molar-refractivity contribution is 5.76. The fraction of sp³-hybridized carbons (Fsp3) is 0.500.